The maximum Gasteiger partial charge on any atom is -0.000812 e. The molecule has 0 fully saturated rings. The van der Waals surface area contributed by atoms with Crippen LogP contribution in [0.4, 0.5) is 0 Å². The Morgan fingerprint density at radius 3 is 2.33 bits per heavy atom. The quantitative estimate of drug-likeness (QED) is 0.736. The van der Waals surface area contributed by atoms with Crippen molar-refractivity contribution in [3.05, 3.63) is 34.4 Å². The molecule has 18 heavy (non-hydrogen) atoms. The van der Waals surface area contributed by atoms with Crippen molar-refractivity contribution >= 4 is 0 Å². The van der Waals surface area contributed by atoms with Crippen molar-refractivity contribution in [2.75, 3.05) is 13.1 Å². The molecule has 2 aliphatic rings. The number of fused-ring (bicyclic) bond motifs is 2. The van der Waals surface area contributed by atoms with Gasteiger partial charge in [0.05, 0.1) is 0 Å². The third kappa shape index (κ3) is 2.33. The first-order valence-electron chi connectivity index (χ1n) is 7.03. The first-order valence-corrected chi connectivity index (χ1v) is 7.03. The third-order valence-corrected chi connectivity index (χ3v) is 4.54. The molecule has 0 bridgehead atoms. The van der Waals surface area contributed by atoms with E-state index < -0.39 is 0 Å². The van der Waals surface area contributed by atoms with Crippen LogP contribution in [0.5, 0.6) is 0 Å². The summed E-state index contributed by atoms with van der Waals surface area (Å²) in [5.41, 5.74) is 6.85. The molecule has 0 atom stereocenters. The number of benzene rings is 1. The molecule has 1 aliphatic heterocycles. The first-order chi connectivity index (χ1) is 8.17. The number of rotatable bonds is 0. The normalized spacial score (nSPS) is 21.2. The van der Waals surface area contributed by atoms with E-state index in [1.54, 1.807) is 22.3 Å². The van der Waals surface area contributed by atoms with Gasteiger partial charge >= 0.3 is 0 Å². The summed E-state index contributed by atoms with van der Waals surface area (Å²) in [5, 5.41) is 3.51. The fraction of sp³-hybridized carbons (Fsp3) is 0.647. The number of aryl methyl sites for hydroxylation is 1. The van der Waals surface area contributed by atoms with Crippen LogP contribution in [-0.4, -0.2) is 13.1 Å². The lowest BCUT2D eigenvalue weighted by molar-refractivity contribution is 0.431. The van der Waals surface area contributed by atoms with Gasteiger partial charge in [0.25, 0.3) is 0 Å². The Kier molecular flexibility index (Phi) is 3.82. The van der Waals surface area contributed by atoms with Gasteiger partial charge in [-0.2, -0.15) is 0 Å². The van der Waals surface area contributed by atoms with E-state index in [2.05, 4.69) is 31.3 Å². The second-order valence-corrected chi connectivity index (χ2v) is 6.27. The lowest BCUT2D eigenvalue weighted by Crippen LogP contribution is -2.24. The first kappa shape index (κ1) is 13.6. The monoisotopic (exact) mass is 245 g/mol. The predicted octanol–water partition coefficient (Wildman–Crippen LogP) is 3.62. The summed E-state index contributed by atoms with van der Waals surface area (Å²) in [5.74, 6) is 0. The van der Waals surface area contributed by atoms with Crippen molar-refractivity contribution in [1.29, 1.82) is 0 Å². The van der Waals surface area contributed by atoms with Gasteiger partial charge in [0.2, 0.25) is 0 Å². The Labute approximate surface area is 112 Å². The van der Waals surface area contributed by atoms with Crippen LogP contribution in [0.3, 0.4) is 0 Å². The van der Waals surface area contributed by atoms with E-state index in [1.807, 2.05) is 0 Å². The van der Waals surface area contributed by atoms with Crippen LogP contribution in [-0.2, 0) is 24.7 Å². The Balaban J connectivity index is 0.00000120. The Bertz CT molecular complexity index is 431. The van der Waals surface area contributed by atoms with E-state index in [0.717, 1.165) is 13.1 Å². The van der Waals surface area contributed by atoms with Crippen LogP contribution in [0.25, 0.3) is 0 Å². The van der Waals surface area contributed by atoms with Crippen LogP contribution in [0, 0.1) is 0 Å². The van der Waals surface area contributed by atoms with Crippen LogP contribution in [0.15, 0.2) is 12.1 Å². The van der Waals surface area contributed by atoms with Crippen molar-refractivity contribution in [3.8, 4) is 0 Å². The Morgan fingerprint density at radius 1 is 0.944 bits per heavy atom. The molecule has 0 aromatic heterocycles. The van der Waals surface area contributed by atoms with E-state index >= 15 is 0 Å². The van der Waals surface area contributed by atoms with Crippen molar-refractivity contribution in [1.82, 2.24) is 5.32 Å². The van der Waals surface area contributed by atoms with Crippen molar-refractivity contribution < 1.29 is 0 Å². The highest BCUT2D eigenvalue weighted by atomic mass is 14.8. The lowest BCUT2D eigenvalue weighted by Gasteiger charge is -2.33. The summed E-state index contributed by atoms with van der Waals surface area (Å²) in [4.78, 5) is 0. The zero-order valence-electron chi connectivity index (χ0n) is 11.1. The fourth-order valence-electron chi connectivity index (χ4n) is 3.47. The number of hydrogen-bond acceptors (Lipinski definition) is 1. The highest BCUT2D eigenvalue weighted by Crippen LogP contribution is 2.38. The second kappa shape index (κ2) is 5.05. The molecular formula is C17H27N. The average Bonchev–Trinajstić information content (AvgIpc) is 2.51. The Hall–Kier alpha value is -0.820. The maximum atomic E-state index is 3.51. The lowest BCUT2D eigenvalue weighted by atomic mass is 9.71. The number of nitrogens with one attached hydrogen (secondary N) is 1. The zero-order valence-corrected chi connectivity index (χ0v) is 11.1. The van der Waals surface area contributed by atoms with E-state index in [1.165, 1.54) is 32.1 Å². The molecule has 1 nitrogen and oxygen atoms in total. The smallest absolute Gasteiger partial charge is 0.000812 e. The summed E-state index contributed by atoms with van der Waals surface area (Å²) in [6, 6.07) is 5.04. The van der Waals surface area contributed by atoms with Gasteiger partial charge in [0, 0.05) is 0 Å². The van der Waals surface area contributed by atoms with Gasteiger partial charge in [-0.15, -0.1) is 0 Å². The van der Waals surface area contributed by atoms with Gasteiger partial charge in [0.1, 0.15) is 0 Å². The topological polar surface area (TPSA) is 12.0 Å². The summed E-state index contributed by atoms with van der Waals surface area (Å²) in [6.45, 7) is 7.11. The maximum absolute atomic E-state index is 3.51. The molecule has 0 saturated carbocycles. The second-order valence-electron chi connectivity index (χ2n) is 6.27. The Morgan fingerprint density at radius 2 is 1.61 bits per heavy atom. The largest absolute Gasteiger partial charge is 0.316 e. The van der Waals surface area contributed by atoms with Crippen LogP contribution < -0.4 is 5.32 Å². The SMILES string of the molecule is C.CC1(C)CCCc2cc3c(cc21)CCNCC3. The van der Waals surface area contributed by atoms with E-state index in [4.69, 9.17) is 0 Å². The third-order valence-electron chi connectivity index (χ3n) is 4.54. The van der Waals surface area contributed by atoms with E-state index in [9.17, 15) is 0 Å². The molecule has 100 valence electrons. The fourth-order valence-corrected chi connectivity index (χ4v) is 3.47. The molecule has 0 amide bonds. The summed E-state index contributed by atoms with van der Waals surface area (Å²) < 4.78 is 0. The summed E-state index contributed by atoms with van der Waals surface area (Å²) in [6.07, 6.45) is 6.41. The average molecular weight is 245 g/mol. The number of hydrogen-bond donors (Lipinski definition) is 1. The molecule has 1 aromatic carbocycles. The molecule has 1 heterocycles. The standard InChI is InChI=1S/C16H23N.CH4/c1-16(2)7-3-4-14-10-12-5-8-17-9-6-13(12)11-15(14)16;/h10-11,17H,3-9H2,1-2H3;1H4. The van der Waals surface area contributed by atoms with Gasteiger partial charge in [-0.1, -0.05) is 33.4 Å². The molecule has 0 spiro atoms. The van der Waals surface area contributed by atoms with Crippen molar-refractivity contribution in [3.63, 3.8) is 0 Å². The van der Waals surface area contributed by atoms with Crippen molar-refractivity contribution in [2.24, 2.45) is 0 Å². The van der Waals surface area contributed by atoms with Crippen LogP contribution >= 0.6 is 0 Å². The zero-order chi connectivity index (χ0) is 11.9. The van der Waals surface area contributed by atoms with E-state index in [0.29, 0.717) is 5.41 Å². The molecule has 1 aromatic rings. The van der Waals surface area contributed by atoms with E-state index in [-0.39, 0.29) is 7.43 Å². The van der Waals surface area contributed by atoms with Crippen LogP contribution in [0.1, 0.15) is 56.4 Å². The highest BCUT2D eigenvalue weighted by Gasteiger charge is 2.28. The molecule has 1 N–H and O–H groups in total. The molecular weight excluding hydrogens is 218 g/mol. The predicted molar refractivity (Wildman–Crippen MR) is 79.4 cm³/mol. The summed E-state index contributed by atoms with van der Waals surface area (Å²) in [7, 11) is 0. The van der Waals surface area contributed by atoms with Gasteiger partial charge in [-0.05, 0) is 72.9 Å². The van der Waals surface area contributed by atoms with Gasteiger partial charge in [-0.3, -0.25) is 0 Å². The van der Waals surface area contributed by atoms with Gasteiger partial charge in [0.15, 0.2) is 0 Å². The molecule has 1 aliphatic carbocycles. The summed E-state index contributed by atoms with van der Waals surface area (Å²) >= 11 is 0. The molecule has 0 unspecified atom stereocenters. The molecule has 0 radical (unpaired) electrons. The van der Waals surface area contributed by atoms with Crippen LogP contribution in [0.2, 0.25) is 0 Å². The van der Waals surface area contributed by atoms with Crippen molar-refractivity contribution in [2.45, 2.75) is 58.8 Å². The minimum absolute atomic E-state index is 0. The minimum atomic E-state index is 0. The molecule has 0 saturated heterocycles. The highest BCUT2D eigenvalue weighted by molar-refractivity contribution is 5.44. The van der Waals surface area contributed by atoms with Gasteiger partial charge < -0.3 is 5.32 Å². The molecule has 3 rings (SSSR count). The minimum Gasteiger partial charge on any atom is -0.316 e. The van der Waals surface area contributed by atoms with Gasteiger partial charge in [-0.25, -0.2) is 0 Å². The molecule has 1 heteroatoms.